The Morgan fingerprint density at radius 2 is 1.12 bits per heavy atom. The van der Waals surface area contributed by atoms with Crippen molar-refractivity contribution in [2.45, 2.75) is 31.7 Å². The fraction of sp³-hybridized carbons (Fsp3) is 0.0893. The van der Waals surface area contributed by atoms with E-state index < -0.39 is 0 Å². The highest BCUT2D eigenvalue weighted by Gasteiger charge is 2.36. The molecule has 0 fully saturated rings. The van der Waals surface area contributed by atoms with Crippen LogP contribution in [0.3, 0.4) is 0 Å². The Kier molecular flexibility index (Phi) is 8.30. The van der Waals surface area contributed by atoms with Gasteiger partial charge in [0.05, 0.1) is 23.0 Å². The molecule has 0 radical (unpaired) electrons. The second-order valence-corrected chi connectivity index (χ2v) is 16.3. The molecular weight excluding hydrogens is 715 g/mol. The van der Waals surface area contributed by atoms with E-state index in [1.54, 1.807) is 0 Å². The molecular formula is C56H41N3. The molecule has 0 saturated carbocycles. The third-order valence-electron chi connectivity index (χ3n) is 12.4. The minimum atomic E-state index is -0.137. The lowest BCUT2D eigenvalue weighted by Gasteiger charge is -2.23. The molecule has 1 aromatic heterocycles. The van der Waals surface area contributed by atoms with E-state index in [-0.39, 0.29) is 11.5 Å². The van der Waals surface area contributed by atoms with Gasteiger partial charge in [-0.2, -0.15) is 0 Å². The summed E-state index contributed by atoms with van der Waals surface area (Å²) in [7, 11) is 0. The minimum Gasteiger partial charge on any atom is -0.258 e. The summed E-state index contributed by atoms with van der Waals surface area (Å²) in [6.07, 6.45) is 0.713. The second kappa shape index (κ2) is 14.0. The van der Waals surface area contributed by atoms with Crippen molar-refractivity contribution < 1.29 is 0 Å². The largest absolute Gasteiger partial charge is 0.258 e. The van der Waals surface area contributed by atoms with E-state index in [4.69, 9.17) is 15.0 Å². The number of pyridine rings is 1. The Labute approximate surface area is 345 Å². The SMILES string of the molecule is CC1(C)c2ccccc2-c2cc3c(-c4cc(C5=NC(c6cccc(-c7ccccc7)c6)CC(c6ccccc6)=N5)cc5ccccc45)cc(-c4ccccc4)nc3cc21. The molecule has 2 aliphatic rings. The lowest BCUT2D eigenvalue weighted by Crippen LogP contribution is -2.17. The van der Waals surface area contributed by atoms with Crippen LogP contribution in [0.15, 0.2) is 204 Å². The summed E-state index contributed by atoms with van der Waals surface area (Å²) < 4.78 is 0. The van der Waals surface area contributed by atoms with E-state index >= 15 is 0 Å². The van der Waals surface area contributed by atoms with E-state index in [1.165, 1.54) is 44.3 Å². The fourth-order valence-corrected chi connectivity index (χ4v) is 9.34. The molecule has 0 spiro atoms. The molecule has 1 aliphatic carbocycles. The quantitative estimate of drug-likeness (QED) is 0.166. The van der Waals surface area contributed by atoms with Gasteiger partial charge in [-0.05, 0) is 103 Å². The first-order chi connectivity index (χ1) is 29.0. The van der Waals surface area contributed by atoms with E-state index in [1.807, 2.05) is 0 Å². The number of benzene rings is 8. The maximum absolute atomic E-state index is 5.51. The zero-order chi connectivity index (χ0) is 39.5. The smallest absolute Gasteiger partial charge is 0.155 e. The van der Waals surface area contributed by atoms with Gasteiger partial charge in [0.2, 0.25) is 0 Å². The van der Waals surface area contributed by atoms with Crippen LogP contribution in [0.4, 0.5) is 0 Å². The van der Waals surface area contributed by atoms with Crippen molar-refractivity contribution >= 4 is 33.2 Å². The summed E-state index contributed by atoms with van der Waals surface area (Å²) in [6.45, 7) is 4.67. The number of aliphatic imine (C=N–C) groups is 2. The molecule has 0 bridgehead atoms. The van der Waals surface area contributed by atoms with Gasteiger partial charge >= 0.3 is 0 Å². The van der Waals surface area contributed by atoms with Crippen molar-refractivity contribution in [1.29, 1.82) is 0 Å². The summed E-state index contributed by atoms with van der Waals surface area (Å²) in [6, 6.07) is 69.7. The Morgan fingerprint density at radius 1 is 0.458 bits per heavy atom. The third kappa shape index (κ3) is 6.09. The highest BCUT2D eigenvalue weighted by atomic mass is 15.0. The lowest BCUT2D eigenvalue weighted by atomic mass is 9.82. The van der Waals surface area contributed by atoms with Gasteiger partial charge < -0.3 is 0 Å². The van der Waals surface area contributed by atoms with Crippen LogP contribution in [0.2, 0.25) is 0 Å². The van der Waals surface area contributed by atoms with Gasteiger partial charge in [-0.3, -0.25) is 4.99 Å². The number of hydrogen-bond acceptors (Lipinski definition) is 3. The number of aromatic nitrogens is 1. The summed E-state index contributed by atoms with van der Waals surface area (Å²) in [5.41, 5.74) is 17.2. The van der Waals surface area contributed by atoms with Crippen LogP contribution in [0.1, 0.15) is 54.1 Å². The van der Waals surface area contributed by atoms with Crippen LogP contribution in [-0.4, -0.2) is 16.5 Å². The first-order valence-electron chi connectivity index (χ1n) is 20.5. The first-order valence-corrected chi connectivity index (χ1v) is 20.5. The van der Waals surface area contributed by atoms with Gasteiger partial charge in [0.1, 0.15) is 0 Å². The molecule has 8 aromatic carbocycles. The molecule has 59 heavy (non-hydrogen) atoms. The van der Waals surface area contributed by atoms with Gasteiger partial charge in [0.25, 0.3) is 0 Å². The average molecular weight is 756 g/mol. The average Bonchev–Trinajstić information content (AvgIpc) is 3.53. The fourth-order valence-electron chi connectivity index (χ4n) is 9.34. The third-order valence-corrected chi connectivity index (χ3v) is 12.4. The Bertz CT molecular complexity index is 3140. The summed E-state index contributed by atoms with van der Waals surface area (Å²) in [5, 5.41) is 3.46. The summed E-state index contributed by atoms with van der Waals surface area (Å²) in [4.78, 5) is 16.3. The van der Waals surface area contributed by atoms with E-state index in [2.05, 4.69) is 208 Å². The first kappa shape index (κ1) is 35.0. The molecule has 280 valence electrons. The number of rotatable bonds is 6. The van der Waals surface area contributed by atoms with Crippen LogP contribution in [-0.2, 0) is 5.41 Å². The monoisotopic (exact) mass is 755 g/mol. The van der Waals surface area contributed by atoms with E-state index in [9.17, 15) is 0 Å². The number of nitrogens with zero attached hydrogens (tertiary/aromatic N) is 3. The van der Waals surface area contributed by atoms with Crippen LogP contribution in [0.25, 0.3) is 66.3 Å². The van der Waals surface area contributed by atoms with E-state index in [0.717, 1.165) is 61.3 Å². The molecule has 9 aromatic rings. The Hall–Kier alpha value is -7.23. The standard InChI is InChI=1S/C56H41N3/c1-56(2)49-28-15-14-27-44(49)47-32-48-46(33-51(37-19-8-4-9-20-37)57-54(48)34-50(47)56)45-31-42(30-40-23-12-13-26-43(40)45)55-58-52(38-21-10-5-11-22-38)35-53(59-55)41-25-16-24-39(29-41)36-17-6-3-7-18-36/h3-34,53H,35H2,1-2H3. The number of hydrogen-bond donors (Lipinski definition) is 0. The Balaban J connectivity index is 1.14. The molecule has 0 N–H and O–H groups in total. The maximum Gasteiger partial charge on any atom is 0.155 e. The van der Waals surface area contributed by atoms with Crippen LogP contribution < -0.4 is 0 Å². The maximum atomic E-state index is 5.51. The van der Waals surface area contributed by atoms with Gasteiger partial charge in [0.15, 0.2) is 5.84 Å². The van der Waals surface area contributed by atoms with Gasteiger partial charge in [-0.25, -0.2) is 9.98 Å². The molecule has 3 heteroatoms. The van der Waals surface area contributed by atoms with Crippen molar-refractivity contribution in [1.82, 2.24) is 4.98 Å². The lowest BCUT2D eigenvalue weighted by molar-refractivity contribution is 0.661. The van der Waals surface area contributed by atoms with Crippen LogP contribution >= 0.6 is 0 Å². The molecule has 0 saturated heterocycles. The number of amidine groups is 1. The minimum absolute atomic E-state index is 0.103. The summed E-state index contributed by atoms with van der Waals surface area (Å²) in [5.74, 6) is 0.746. The summed E-state index contributed by atoms with van der Waals surface area (Å²) >= 11 is 0. The van der Waals surface area contributed by atoms with Crippen molar-refractivity contribution in [3.8, 4) is 44.6 Å². The van der Waals surface area contributed by atoms with Gasteiger partial charge in [-0.1, -0.05) is 172 Å². The van der Waals surface area contributed by atoms with Crippen LogP contribution in [0, 0.1) is 0 Å². The molecule has 1 unspecified atom stereocenters. The molecule has 11 rings (SSSR count). The van der Waals surface area contributed by atoms with Crippen molar-refractivity contribution in [2.24, 2.45) is 9.98 Å². The van der Waals surface area contributed by atoms with Crippen molar-refractivity contribution in [3.05, 3.63) is 222 Å². The van der Waals surface area contributed by atoms with Gasteiger partial charge in [-0.15, -0.1) is 0 Å². The predicted molar refractivity (Wildman–Crippen MR) is 246 cm³/mol. The highest BCUT2D eigenvalue weighted by Crippen LogP contribution is 2.51. The van der Waals surface area contributed by atoms with Crippen molar-refractivity contribution in [3.63, 3.8) is 0 Å². The number of fused-ring (bicyclic) bond motifs is 5. The van der Waals surface area contributed by atoms with Gasteiger partial charge in [0, 0.05) is 28.3 Å². The molecule has 2 heterocycles. The normalized spacial score (nSPS) is 15.4. The molecule has 0 amide bonds. The molecule has 3 nitrogen and oxygen atoms in total. The predicted octanol–water partition coefficient (Wildman–Crippen LogP) is 14.1. The highest BCUT2D eigenvalue weighted by molar-refractivity contribution is 6.17. The molecule has 1 atom stereocenters. The second-order valence-electron chi connectivity index (χ2n) is 16.3. The zero-order valence-electron chi connectivity index (χ0n) is 33.1. The van der Waals surface area contributed by atoms with Crippen LogP contribution in [0.5, 0.6) is 0 Å². The Morgan fingerprint density at radius 3 is 1.92 bits per heavy atom. The van der Waals surface area contributed by atoms with E-state index in [0.29, 0.717) is 6.42 Å². The topological polar surface area (TPSA) is 37.6 Å². The zero-order valence-corrected chi connectivity index (χ0v) is 33.1. The molecule has 1 aliphatic heterocycles. The van der Waals surface area contributed by atoms with Crippen molar-refractivity contribution in [2.75, 3.05) is 0 Å².